The maximum Gasteiger partial charge on any atom is 0.119 e. The lowest BCUT2D eigenvalue weighted by atomic mass is 9.88. The van der Waals surface area contributed by atoms with Crippen molar-refractivity contribution in [2.24, 2.45) is 5.41 Å². The summed E-state index contributed by atoms with van der Waals surface area (Å²) in [5, 5.41) is 11.1. The quantitative estimate of drug-likeness (QED) is 0.752. The molecule has 1 N–H and O–H groups in total. The summed E-state index contributed by atoms with van der Waals surface area (Å²) in [5.41, 5.74) is 0.342. The van der Waals surface area contributed by atoms with Gasteiger partial charge in [-0.25, -0.2) is 0 Å². The third kappa shape index (κ3) is 4.75. The summed E-state index contributed by atoms with van der Waals surface area (Å²) in [5.74, 6) is 0. The summed E-state index contributed by atoms with van der Waals surface area (Å²) in [7, 11) is 0. The molecular formula is C12H24N4. The summed E-state index contributed by atoms with van der Waals surface area (Å²) in [6, 6.07) is 0.558. The topological polar surface area (TPSA) is 42.7 Å². The number of aromatic nitrogens is 3. The van der Waals surface area contributed by atoms with Crippen LogP contribution in [0.15, 0.2) is 12.7 Å². The number of aryl methyl sites for hydroxylation is 1. The first-order chi connectivity index (χ1) is 7.50. The van der Waals surface area contributed by atoms with Crippen molar-refractivity contribution in [1.29, 1.82) is 0 Å². The van der Waals surface area contributed by atoms with Gasteiger partial charge in [-0.3, -0.25) is 0 Å². The van der Waals surface area contributed by atoms with Gasteiger partial charge < -0.3 is 9.88 Å². The van der Waals surface area contributed by atoms with Crippen molar-refractivity contribution in [3.8, 4) is 0 Å². The van der Waals surface area contributed by atoms with Gasteiger partial charge in [0.25, 0.3) is 0 Å². The van der Waals surface area contributed by atoms with Gasteiger partial charge in [0.1, 0.15) is 12.7 Å². The van der Waals surface area contributed by atoms with E-state index in [1.54, 1.807) is 12.7 Å². The minimum Gasteiger partial charge on any atom is -0.320 e. The predicted octanol–water partition coefficient (Wildman–Crippen LogP) is 2.08. The lowest BCUT2D eigenvalue weighted by molar-refractivity contribution is 0.285. The molecule has 1 atom stereocenters. The third-order valence-corrected chi connectivity index (χ3v) is 3.06. The lowest BCUT2D eigenvalue weighted by Crippen LogP contribution is -2.38. The van der Waals surface area contributed by atoms with Crippen LogP contribution in [0.1, 0.15) is 40.5 Å². The molecule has 0 aliphatic carbocycles. The molecule has 1 aromatic rings. The molecule has 0 saturated heterocycles. The van der Waals surface area contributed by atoms with Gasteiger partial charge in [0.15, 0.2) is 0 Å². The van der Waals surface area contributed by atoms with Crippen molar-refractivity contribution in [1.82, 2.24) is 20.1 Å². The number of nitrogens with zero attached hydrogens (tertiary/aromatic N) is 3. The highest BCUT2D eigenvalue weighted by atomic mass is 15.2. The molecular weight excluding hydrogens is 200 g/mol. The maximum absolute atomic E-state index is 3.78. The average Bonchev–Trinajstić information content (AvgIpc) is 2.68. The van der Waals surface area contributed by atoms with E-state index in [1.807, 2.05) is 4.57 Å². The van der Waals surface area contributed by atoms with Gasteiger partial charge >= 0.3 is 0 Å². The molecule has 1 heterocycles. The van der Waals surface area contributed by atoms with E-state index >= 15 is 0 Å². The molecule has 0 radical (unpaired) electrons. The summed E-state index contributed by atoms with van der Waals surface area (Å²) in [6.45, 7) is 11.1. The van der Waals surface area contributed by atoms with Gasteiger partial charge in [0.05, 0.1) is 0 Å². The fraction of sp³-hybridized carbons (Fsp3) is 0.833. The van der Waals surface area contributed by atoms with Crippen LogP contribution in [0, 0.1) is 5.41 Å². The Labute approximate surface area is 98.5 Å². The van der Waals surface area contributed by atoms with Crippen molar-refractivity contribution in [2.45, 2.75) is 53.1 Å². The Morgan fingerprint density at radius 3 is 2.38 bits per heavy atom. The Morgan fingerprint density at radius 2 is 1.81 bits per heavy atom. The molecule has 0 spiro atoms. The van der Waals surface area contributed by atoms with E-state index in [-0.39, 0.29) is 0 Å². The van der Waals surface area contributed by atoms with Gasteiger partial charge in [-0.2, -0.15) is 0 Å². The van der Waals surface area contributed by atoms with Gasteiger partial charge in [0, 0.05) is 12.6 Å². The zero-order chi connectivity index (χ0) is 12.0. The van der Waals surface area contributed by atoms with Crippen LogP contribution in [-0.2, 0) is 6.54 Å². The number of unbranched alkanes of at least 4 members (excludes halogenated alkanes) is 1. The average molecular weight is 224 g/mol. The fourth-order valence-electron chi connectivity index (χ4n) is 1.38. The van der Waals surface area contributed by atoms with E-state index < -0.39 is 0 Å². The second-order valence-electron chi connectivity index (χ2n) is 5.45. The number of rotatable bonds is 6. The van der Waals surface area contributed by atoms with Crippen LogP contribution < -0.4 is 5.32 Å². The Balaban J connectivity index is 2.04. The van der Waals surface area contributed by atoms with Gasteiger partial charge in [0.2, 0.25) is 0 Å². The van der Waals surface area contributed by atoms with Crippen LogP contribution in [0.2, 0.25) is 0 Å². The van der Waals surface area contributed by atoms with E-state index in [0.29, 0.717) is 11.5 Å². The standard InChI is InChI=1S/C12H24N4/c1-11(12(2,3)4)13-7-5-6-8-16-9-14-15-10-16/h9-11,13H,5-8H2,1-4H3. The highest BCUT2D eigenvalue weighted by molar-refractivity contribution is 4.75. The van der Waals surface area contributed by atoms with Crippen LogP contribution in [-0.4, -0.2) is 27.4 Å². The molecule has 0 amide bonds. The second-order valence-corrected chi connectivity index (χ2v) is 5.45. The highest BCUT2D eigenvalue weighted by Gasteiger charge is 2.18. The van der Waals surface area contributed by atoms with Gasteiger partial charge in [-0.15, -0.1) is 10.2 Å². The normalized spacial score (nSPS) is 14.0. The van der Waals surface area contributed by atoms with Crippen molar-refractivity contribution in [3.63, 3.8) is 0 Å². The molecule has 4 nitrogen and oxygen atoms in total. The molecule has 4 heteroatoms. The molecule has 0 aromatic carbocycles. The van der Waals surface area contributed by atoms with E-state index in [4.69, 9.17) is 0 Å². The second kappa shape index (κ2) is 5.99. The zero-order valence-corrected chi connectivity index (χ0v) is 10.9. The van der Waals surface area contributed by atoms with E-state index in [0.717, 1.165) is 13.1 Å². The van der Waals surface area contributed by atoms with Crippen molar-refractivity contribution >= 4 is 0 Å². The third-order valence-electron chi connectivity index (χ3n) is 3.06. The van der Waals surface area contributed by atoms with E-state index in [9.17, 15) is 0 Å². The van der Waals surface area contributed by atoms with Gasteiger partial charge in [-0.1, -0.05) is 20.8 Å². The SMILES string of the molecule is CC(NCCCCn1cnnc1)C(C)(C)C. The monoisotopic (exact) mass is 224 g/mol. The van der Waals surface area contributed by atoms with E-state index in [1.165, 1.54) is 12.8 Å². The smallest absolute Gasteiger partial charge is 0.119 e. The van der Waals surface area contributed by atoms with Crippen LogP contribution in [0.5, 0.6) is 0 Å². The van der Waals surface area contributed by atoms with Crippen LogP contribution in [0.25, 0.3) is 0 Å². The molecule has 1 rings (SSSR count). The van der Waals surface area contributed by atoms with E-state index in [2.05, 4.69) is 43.2 Å². The molecule has 92 valence electrons. The molecule has 1 aromatic heterocycles. The summed E-state index contributed by atoms with van der Waals surface area (Å²) in [4.78, 5) is 0. The lowest BCUT2D eigenvalue weighted by Gasteiger charge is -2.28. The molecule has 0 aliphatic rings. The summed E-state index contributed by atoms with van der Waals surface area (Å²) < 4.78 is 2.02. The summed E-state index contributed by atoms with van der Waals surface area (Å²) >= 11 is 0. The Bertz CT molecular complexity index is 274. The first kappa shape index (κ1) is 13.2. The minimum absolute atomic E-state index is 0.342. The van der Waals surface area contributed by atoms with Crippen molar-refractivity contribution in [3.05, 3.63) is 12.7 Å². The Kier molecular flexibility index (Phi) is 4.93. The van der Waals surface area contributed by atoms with Crippen LogP contribution in [0.4, 0.5) is 0 Å². The van der Waals surface area contributed by atoms with Gasteiger partial charge in [-0.05, 0) is 31.7 Å². The molecule has 0 aliphatic heterocycles. The molecule has 0 saturated carbocycles. The number of hydrogen-bond donors (Lipinski definition) is 1. The minimum atomic E-state index is 0.342. The molecule has 16 heavy (non-hydrogen) atoms. The van der Waals surface area contributed by atoms with Crippen molar-refractivity contribution < 1.29 is 0 Å². The molecule has 0 fully saturated rings. The number of hydrogen-bond acceptors (Lipinski definition) is 3. The maximum atomic E-state index is 3.78. The predicted molar refractivity (Wildman–Crippen MR) is 66.2 cm³/mol. The van der Waals surface area contributed by atoms with Crippen LogP contribution in [0.3, 0.4) is 0 Å². The fourth-order valence-corrected chi connectivity index (χ4v) is 1.38. The molecule has 1 unspecified atom stereocenters. The zero-order valence-electron chi connectivity index (χ0n) is 10.9. The number of nitrogens with one attached hydrogen (secondary N) is 1. The first-order valence-electron chi connectivity index (χ1n) is 6.06. The largest absolute Gasteiger partial charge is 0.320 e. The van der Waals surface area contributed by atoms with Crippen LogP contribution >= 0.6 is 0 Å². The Hall–Kier alpha value is -0.900. The highest BCUT2D eigenvalue weighted by Crippen LogP contribution is 2.18. The summed E-state index contributed by atoms with van der Waals surface area (Å²) in [6.07, 6.45) is 5.90. The Morgan fingerprint density at radius 1 is 1.19 bits per heavy atom. The first-order valence-corrected chi connectivity index (χ1v) is 6.06. The molecule has 0 bridgehead atoms. The van der Waals surface area contributed by atoms with Crippen molar-refractivity contribution in [2.75, 3.05) is 6.54 Å².